The van der Waals surface area contributed by atoms with E-state index in [0.717, 1.165) is 0 Å². The van der Waals surface area contributed by atoms with Crippen LogP contribution in [0.15, 0.2) is 41.7 Å². The van der Waals surface area contributed by atoms with Gasteiger partial charge in [-0.05, 0) is 24.3 Å². The molecule has 1 heterocycles. The molecule has 94 valence electrons. The Kier molecular flexibility index (Phi) is 4.11. The Morgan fingerprint density at radius 3 is 2.89 bits per heavy atom. The monoisotopic (exact) mass is 271 g/mol. The van der Waals surface area contributed by atoms with Crippen LogP contribution in [-0.4, -0.2) is 21.1 Å². The van der Waals surface area contributed by atoms with Crippen LogP contribution in [0.5, 0.6) is 0 Å². The van der Waals surface area contributed by atoms with Gasteiger partial charge in [-0.1, -0.05) is 23.7 Å². The standard InChI is InChI=1S/C13H9N3O2S/c1-19-13-14-8-7-11(15-13)6-5-10-3-2-4-12(9-10)16(17)18/h2-4,7-9H,1H3. The first-order valence-corrected chi connectivity index (χ1v) is 6.55. The minimum absolute atomic E-state index is 0.0271. The number of non-ortho nitro benzene ring substituents is 1. The van der Waals surface area contributed by atoms with Crippen LogP contribution in [0, 0.1) is 22.0 Å². The predicted molar refractivity (Wildman–Crippen MR) is 72.9 cm³/mol. The molecule has 2 rings (SSSR count). The van der Waals surface area contributed by atoms with Crippen molar-refractivity contribution in [3.05, 3.63) is 57.9 Å². The van der Waals surface area contributed by atoms with Crippen LogP contribution < -0.4 is 0 Å². The van der Waals surface area contributed by atoms with Gasteiger partial charge >= 0.3 is 0 Å². The largest absolute Gasteiger partial charge is 0.270 e. The first-order valence-electron chi connectivity index (χ1n) is 5.32. The van der Waals surface area contributed by atoms with Crippen molar-refractivity contribution in [3.63, 3.8) is 0 Å². The molecule has 0 saturated heterocycles. The molecule has 19 heavy (non-hydrogen) atoms. The van der Waals surface area contributed by atoms with E-state index in [4.69, 9.17) is 0 Å². The van der Waals surface area contributed by atoms with E-state index in [1.807, 2.05) is 6.26 Å². The zero-order chi connectivity index (χ0) is 13.7. The Morgan fingerprint density at radius 1 is 1.32 bits per heavy atom. The fraction of sp³-hybridized carbons (Fsp3) is 0.0769. The van der Waals surface area contributed by atoms with Crippen LogP contribution in [-0.2, 0) is 0 Å². The van der Waals surface area contributed by atoms with Crippen LogP contribution in [0.25, 0.3) is 0 Å². The molecule has 0 saturated carbocycles. The number of nitro benzene ring substituents is 1. The Labute approximate surface area is 114 Å². The lowest BCUT2D eigenvalue weighted by Gasteiger charge is -1.94. The van der Waals surface area contributed by atoms with Gasteiger partial charge < -0.3 is 0 Å². The number of hydrogen-bond donors (Lipinski definition) is 0. The van der Waals surface area contributed by atoms with Gasteiger partial charge in [-0.15, -0.1) is 0 Å². The highest BCUT2D eigenvalue weighted by molar-refractivity contribution is 7.98. The summed E-state index contributed by atoms with van der Waals surface area (Å²) < 4.78 is 0. The van der Waals surface area contributed by atoms with E-state index in [9.17, 15) is 10.1 Å². The third kappa shape index (κ3) is 3.53. The minimum atomic E-state index is -0.443. The first-order chi connectivity index (χ1) is 9.19. The van der Waals surface area contributed by atoms with E-state index in [0.29, 0.717) is 16.4 Å². The summed E-state index contributed by atoms with van der Waals surface area (Å²) in [5.41, 5.74) is 1.20. The zero-order valence-corrected chi connectivity index (χ0v) is 10.8. The number of aromatic nitrogens is 2. The quantitative estimate of drug-likeness (QED) is 0.276. The van der Waals surface area contributed by atoms with E-state index in [-0.39, 0.29) is 5.69 Å². The maximum atomic E-state index is 10.6. The number of rotatable bonds is 2. The van der Waals surface area contributed by atoms with Crippen LogP contribution in [0.3, 0.4) is 0 Å². The van der Waals surface area contributed by atoms with Crippen LogP contribution in [0.1, 0.15) is 11.3 Å². The molecule has 0 aliphatic heterocycles. The van der Waals surface area contributed by atoms with Crippen LogP contribution >= 0.6 is 11.8 Å². The molecular formula is C13H9N3O2S. The molecule has 2 aromatic rings. The summed E-state index contributed by atoms with van der Waals surface area (Å²) in [7, 11) is 0. The molecular weight excluding hydrogens is 262 g/mol. The molecule has 0 N–H and O–H groups in total. The second-order valence-corrected chi connectivity index (χ2v) is 4.26. The molecule has 0 fully saturated rings. The second-order valence-electron chi connectivity index (χ2n) is 3.49. The van der Waals surface area contributed by atoms with Crippen molar-refractivity contribution in [2.24, 2.45) is 0 Å². The Balaban J connectivity index is 2.28. The molecule has 0 aliphatic rings. The van der Waals surface area contributed by atoms with Gasteiger partial charge in [0.15, 0.2) is 5.16 Å². The maximum Gasteiger partial charge on any atom is 0.270 e. The number of nitro groups is 1. The van der Waals surface area contributed by atoms with E-state index < -0.39 is 4.92 Å². The van der Waals surface area contributed by atoms with Gasteiger partial charge in [0.1, 0.15) is 5.69 Å². The summed E-state index contributed by atoms with van der Waals surface area (Å²) in [4.78, 5) is 18.5. The molecule has 0 unspecified atom stereocenters. The third-order valence-corrected chi connectivity index (χ3v) is 2.77. The minimum Gasteiger partial charge on any atom is -0.258 e. The highest BCUT2D eigenvalue weighted by Crippen LogP contribution is 2.12. The smallest absolute Gasteiger partial charge is 0.258 e. The lowest BCUT2D eigenvalue weighted by Crippen LogP contribution is -1.89. The second kappa shape index (κ2) is 5.98. The van der Waals surface area contributed by atoms with Gasteiger partial charge in [0.2, 0.25) is 0 Å². The number of benzene rings is 1. The first kappa shape index (κ1) is 13.1. The SMILES string of the molecule is CSc1nccc(C#Cc2cccc([N+](=O)[O-])c2)n1. The van der Waals surface area contributed by atoms with Crippen molar-refractivity contribution >= 4 is 17.4 Å². The van der Waals surface area contributed by atoms with Crippen LogP contribution in [0.2, 0.25) is 0 Å². The fourth-order valence-corrected chi connectivity index (χ4v) is 1.70. The third-order valence-electron chi connectivity index (χ3n) is 2.21. The van der Waals surface area contributed by atoms with E-state index in [1.165, 1.54) is 23.9 Å². The summed E-state index contributed by atoms with van der Waals surface area (Å²) in [6, 6.07) is 7.89. The van der Waals surface area contributed by atoms with Crippen molar-refractivity contribution in [1.82, 2.24) is 9.97 Å². The number of nitrogens with zero attached hydrogens (tertiary/aromatic N) is 3. The van der Waals surface area contributed by atoms with Gasteiger partial charge in [-0.3, -0.25) is 10.1 Å². The lowest BCUT2D eigenvalue weighted by atomic mass is 10.2. The Hall–Kier alpha value is -2.39. The predicted octanol–water partition coefficient (Wildman–Crippen LogP) is 2.51. The summed E-state index contributed by atoms with van der Waals surface area (Å²) in [6.45, 7) is 0. The van der Waals surface area contributed by atoms with Gasteiger partial charge in [-0.2, -0.15) is 0 Å². The molecule has 0 radical (unpaired) electrons. The van der Waals surface area contributed by atoms with Crippen LogP contribution in [0.4, 0.5) is 5.69 Å². The Morgan fingerprint density at radius 2 is 2.16 bits per heavy atom. The topological polar surface area (TPSA) is 68.9 Å². The zero-order valence-electron chi connectivity index (χ0n) is 10.0. The molecule has 6 heteroatoms. The van der Waals surface area contributed by atoms with E-state index in [2.05, 4.69) is 21.8 Å². The van der Waals surface area contributed by atoms with Gasteiger partial charge in [0.05, 0.1) is 4.92 Å². The molecule has 0 aliphatic carbocycles. The normalized spacial score (nSPS) is 9.53. The average Bonchev–Trinajstić information content (AvgIpc) is 2.45. The summed E-state index contributed by atoms with van der Waals surface area (Å²) in [6.07, 6.45) is 3.52. The molecule has 0 bridgehead atoms. The molecule has 1 aromatic carbocycles. The van der Waals surface area contributed by atoms with Crippen molar-refractivity contribution < 1.29 is 4.92 Å². The van der Waals surface area contributed by atoms with Gasteiger partial charge in [0, 0.05) is 23.9 Å². The van der Waals surface area contributed by atoms with Gasteiger partial charge in [0.25, 0.3) is 5.69 Å². The van der Waals surface area contributed by atoms with Crippen molar-refractivity contribution in [2.45, 2.75) is 5.16 Å². The molecule has 5 nitrogen and oxygen atoms in total. The van der Waals surface area contributed by atoms with E-state index in [1.54, 1.807) is 24.4 Å². The highest BCUT2D eigenvalue weighted by Gasteiger charge is 2.03. The highest BCUT2D eigenvalue weighted by atomic mass is 32.2. The Bertz CT molecular complexity index is 677. The van der Waals surface area contributed by atoms with Gasteiger partial charge in [-0.25, -0.2) is 9.97 Å². The summed E-state index contributed by atoms with van der Waals surface area (Å²) >= 11 is 1.43. The van der Waals surface area contributed by atoms with Crippen molar-refractivity contribution in [3.8, 4) is 11.8 Å². The van der Waals surface area contributed by atoms with Crippen molar-refractivity contribution in [1.29, 1.82) is 0 Å². The maximum absolute atomic E-state index is 10.6. The number of hydrogen-bond acceptors (Lipinski definition) is 5. The summed E-state index contributed by atoms with van der Waals surface area (Å²) in [5, 5.41) is 11.3. The molecule has 0 spiro atoms. The molecule has 0 atom stereocenters. The fourth-order valence-electron chi connectivity index (χ4n) is 1.34. The average molecular weight is 271 g/mol. The molecule has 1 aromatic heterocycles. The lowest BCUT2D eigenvalue weighted by molar-refractivity contribution is -0.384. The van der Waals surface area contributed by atoms with Crippen molar-refractivity contribution in [2.75, 3.05) is 6.26 Å². The number of thioether (sulfide) groups is 1. The summed E-state index contributed by atoms with van der Waals surface area (Å²) in [5.74, 6) is 5.72. The van der Waals surface area contributed by atoms with E-state index >= 15 is 0 Å². The molecule has 0 amide bonds.